The minimum atomic E-state index is -0.392. The highest BCUT2D eigenvalue weighted by atomic mass is 19.1. The Hall–Kier alpha value is -3.20. The maximum atomic E-state index is 14.3. The van der Waals surface area contributed by atoms with Crippen LogP contribution < -0.4 is 15.0 Å². The van der Waals surface area contributed by atoms with Crippen LogP contribution in [0.5, 0.6) is 5.75 Å². The second kappa shape index (κ2) is 8.04. The van der Waals surface area contributed by atoms with E-state index in [0.29, 0.717) is 28.6 Å². The molecule has 2 N–H and O–H groups in total. The van der Waals surface area contributed by atoms with Gasteiger partial charge in [0.2, 0.25) is 0 Å². The van der Waals surface area contributed by atoms with Crippen molar-refractivity contribution in [3.8, 4) is 17.0 Å². The molecule has 0 radical (unpaired) electrons. The minimum absolute atomic E-state index is 0.130. The summed E-state index contributed by atoms with van der Waals surface area (Å²) in [7, 11) is 1.50. The first-order valence-corrected chi connectivity index (χ1v) is 9.40. The molecular formula is C20H23FN6O2. The molecule has 0 spiro atoms. The van der Waals surface area contributed by atoms with Crippen molar-refractivity contribution in [3.05, 3.63) is 42.5 Å². The molecule has 2 aromatic heterocycles. The van der Waals surface area contributed by atoms with Gasteiger partial charge in [-0.2, -0.15) is 5.10 Å². The number of anilines is 3. The Morgan fingerprint density at radius 1 is 1.17 bits per heavy atom. The summed E-state index contributed by atoms with van der Waals surface area (Å²) in [6.07, 6.45) is 3.62. The van der Waals surface area contributed by atoms with Gasteiger partial charge in [-0.15, -0.1) is 0 Å². The van der Waals surface area contributed by atoms with Crippen molar-refractivity contribution in [2.75, 3.05) is 30.4 Å². The number of ether oxygens (including phenoxy) is 2. The van der Waals surface area contributed by atoms with Crippen molar-refractivity contribution in [2.24, 2.45) is 0 Å². The van der Waals surface area contributed by atoms with Gasteiger partial charge in [-0.25, -0.2) is 9.37 Å². The minimum Gasteiger partial charge on any atom is -0.497 e. The van der Waals surface area contributed by atoms with E-state index in [1.807, 2.05) is 13.8 Å². The van der Waals surface area contributed by atoms with Crippen molar-refractivity contribution < 1.29 is 13.9 Å². The molecule has 0 amide bonds. The summed E-state index contributed by atoms with van der Waals surface area (Å²) >= 11 is 0. The van der Waals surface area contributed by atoms with Crippen LogP contribution in [0.15, 0.2) is 36.7 Å². The smallest absolute Gasteiger partial charge is 0.153 e. The number of rotatable bonds is 5. The van der Waals surface area contributed by atoms with Crippen LogP contribution in [0.2, 0.25) is 0 Å². The van der Waals surface area contributed by atoms with Gasteiger partial charge in [0.15, 0.2) is 11.6 Å². The first-order chi connectivity index (χ1) is 14.0. The number of aromatic amines is 1. The van der Waals surface area contributed by atoms with E-state index in [0.717, 1.165) is 18.9 Å². The summed E-state index contributed by atoms with van der Waals surface area (Å²) in [6.45, 7) is 5.60. The van der Waals surface area contributed by atoms with E-state index in [-0.39, 0.29) is 12.2 Å². The van der Waals surface area contributed by atoms with Crippen LogP contribution in [0.3, 0.4) is 0 Å². The van der Waals surface area contributed by atoms with Gasteiger partial charge in [0, 0.05) is 30.8 Å². The standard InChI is InChI=1S/C20H23FN6O2/c1-12-10-27(11-13(2)29-12)20-9-22-8-19(24-20)23-18-7-17(25-26-18)15-5-4-14(28-3)6-16(15)21/h4-9,12-13H,10-11H2,1-3H3,(H2,23,24,25,26)/t12-,13+. The van der Waals surface area contributed by atoms with Gasteiger partial charge < -0.3 is 19.7 Å². The summed E-state index contributed by atoms with van der Waals surface area (Å²) in [5.41, 5.74) is 0.954. The molecule has 29 heavy (non-hydrogen) atoms. The molecule has 8 nitrogen and oxygen atoms in total. The van der Waals surface area contributed by atoms with E-state index in [1.165, 1.54) is 13.2 Å². The summed E-state index contributed by atoms with van der Waals surface area (Å²) in [5, 5.41) is 10.2. The van der Waals surface area contributed by atoms with E-state index < -0.39 is 5.82 Å². The van der Waals surface area contributed by atoms with Gasteiger partial charge in [0.25, 0.3) is 0 Å². The predicted molar refractivity (Wildman–Crippen MR) is 108 cm³/mol. The third kappa shape index (κ3) is 4.29. The number of hydrogen-bond acceptors (Lipinski definition) is 7. The van der Waals surface area contributed by atoms with Crippen LogP contribution in [0.4, 0.5) is 21.8 Å². The highest BCUT2D eigenvalue weighted by Crippen LogP contribution is 2.27. The summed E-state index contributed by atoms with van der Waals surface area (Å²) in [5.74, 6) is 1.92. The number of hydrogen-bond donors (Lipinski definition) is 2. The van der Waals surface area contributed by atoms with E-state index in [4.69, 9.17) is 9.47 Å². The Balaban J connectivity index is 1.51. The topological polar surface area (TPSA) is 88.2 Å². The van der Waals surface area contributed by atoms with Crippen molar-refractivity contribution in [2.45, 2.75) is 26.1 Å². The Bertz CT molecular complexity index is 985. The quantitative estimate of drug-likeness (QED) is 0.681. The second-order valence-electron chi connectivity index (χ2n) is 7.06. The Morgan fingerprint density at radius 2 is 1.97 bits per heavy atom. The fourth-order valence-electron chi connectivity index (χ4n) is 3.43. The molecule has 0 unspecified atom stereocenters. The van der Waals surface area contributed by atoms with Crippen LogP contribution in [0.1, 0.15) is 13.8 Å². The lowest BCUT2D eigenvalue weighted by Gasteiger charge is -2.35. The zero-order chi connectivity index (χ0) is 20.4. The number of aromatic nitrogens is 4. The second-order valence-corrected chi connectivity index (χ2v) is 7.06. The lowest BCUT2D eigenvalue weighted by atomic mass is 10.1. The third-order valence-electron chi connectivity index (χ3n) is 4.67. The van der Waals surface area contributed by atoms with Crippen LogP contribution in [-0.4, -0.2) is 52.6 Å². The number of nitrogens with zero attached hydrogens (tertiary/aromatic N) is 4. The van der Waals surface area contributed by atoms with E-state index in [2.05, 4.69) is 30.4 Å². The van der Waals surface area contributed by atoms with Crippen molar-refractivity contribution in [1.82, 2.24) is 20.2 Å². The molecule has 1 aliphatic heterocycles. The largest absolute Gasteiger partial charge is 0.497 e. The van der Waals surface area contributed by atoms with E-state index >= 15 is 0 Å². The van der Waals surface area contributed by atoms with Gasteiger partial charge in [-0.05, 0) is 26.0 Å². The Labute approximate surface area is 168 Å². The molecule has 1 saturated heterocycles. The van der Waals surface area contributed by atoms with Gasteiger partial charge in [0.05, 0.1) is 37.4 Å². The number of H-pyrrole nitrogens is 1. The first-order valence-electron chi connectivity index (χ1n) is 9.40. The normalized spacial score (nSPS) is 19.2. The van der Waals surface area contributed by atoms with Crippen LogP contribution in [0, 0.1) is 5.82 Å². The highest BCUT2D eigenvalue weighted by Gasteiger charge is 2.23. The highest BCUT2D eigenvalue weighted by molar-refractivity contribution is 5.66. The molecule has 1 aliphatic rings. The third-order valence-corrected chi connectivity index (χ3v) is 4.67. The molecule has 3 aromatic rings. The molecule has 152 valence electrons. The van der Waals surface area contributed by atoms with Crippen LogP contribution in [0.25, 0.3) is 11.3 Å². The molecule has 1 aromatic carbocycles. The van der Waals surface area contributed by atoms with Crippen molar-refractivity contribution in [1.29, 1.82) is 0 Å². The summed E-state index contributed by atoms with van der Waals surface area (Å²) < 4.78 is 25.1. The fourth-order valence-corrected chi connectivity index (χ4v) is 3.43. The number of nitrogens with one attached hydrogen (secondary N) is 2. The molecule has 0 aliphatic carbocycles. The van der Waals surface area contributed by atoms with Crippen molar-refractivity contribution >= 4 is 17.5 Å². The molecule has 0 saturated carbocycles. The van der Waals surface area contributed by atoms with E-state index in [1.54, 1.807) is 30.6 Å². The Kier molecular flexibility index (Phi) is 5.30. The van der Waals surface area contributed by atoms with Gasteiger partial charge in [0.1, 0.15) is 17.4 Å². The summed E-state index contributed by atoms with van der Waals surface area (Å²) in [6, 6.07) is 6.40. The van der Waals surface area contributed by atoms with Crippen LogP contribution in [-0.2, 0) is 4.74 Å². The van der Waals surface area contributed by atoms with Gasteiger partial charge in [-0.3, -0.25) is 10.1 Å². The zero-order valence-corrected chi connectivity index (χ0v) is 16.5. The number of benzene rings is 1. The molecule has 3 heterocycles. The molecular weight excluding hydrogens is 375 g/mol. The zero-order valence-electron chi connectivity index (χ0n) is 16.5. The average Bonchev–Trinajstić information content (AvgIpc) is 3.15. The Morgan fingerprint density at radius 3 is 2.69 bits per heavy atom. The van der Waals surface area contributed by atoms with Crippen LogP contribution >= 0.6 is 0 Å². The molecule has 1 fully saturated rings. The monoisotopic (exact) mass is 398 g/mol. The number of halogens is 1. The maximum absolute atomic E-state index is 14.3. The van der Waals surface area contributed by atoms with Gasteiger partial charge in [-0.1, -0.05) is 0 Å². The molecule has 9 heteroatoms. The van der Waals surface area contributed by atoms with E-state index in [9.17, 15) is 4.39 Å². The molecule has 4 rings (SSSR count). The maximum Gasteiger partial charge on any atom is 0.153 e. The molecule has 0 bridgehead atoms. The predicted octanol–water partition coefficient (Wildman–Crippen LogP) is 3.37. The summed E-state index contributed by atoms with van der Waals surface area (Å²) in [4.78, 5) is 11.1. The lowest BCUT2D eigenvalue weighted by Crippen LogP contribution is -2.45. The van der Waals surface area contributed by atoms with Gasteiger partial charge >= 0.3 is 0 Å². The fraction of sp³-hybridized carbons (Fsp3) is 0.350. The van der Waals surface area contributed by atoms with Crippen molar-refractivity contribution in [3.63, 3.8) is 0 Å². The lowest BCUT2D eigenvalue weighted by molar-refractivity contribution is -0.00547. The SMILES string of the molecule is COc1ccc(-c2cc(Nc3cncc(N4C[C@@H](C)O[C@@H](C)C4)n3)n[nH]2)c(F)c1. The number of methoxy groups -OCH3 is 1. The number of morpholine rings is 1. The molecule has 2 atom stereocenters. The average molecular weight is 398 g/mol. The first kappa shape index (κ1) is 19.1.